The summed E-state index contributed by atoms with van der Waals surface area (Å²) in [5.74, 6) is 0.432. The number of piperidine rings is 1. The number of carboxylic acids is 1. The van der Waals surface area contributed by atoms with Crippen LogP contribution in [0.5, 0.6) is 5.75 Å². The maximum atomic E-state index is 11.1. The minimum absolute atomic E-state index is 0.237. The Balaban J connectivity index is 1.70. The molecule has 0 atom stereocenters. The van der Waals surface area contributed by atoms with Gasteiger partial charge in [0.15, 0.2) is 0 Å². The van der Waals surface area contributed by atoms with Gasteiger partial charge in [0.2, 0.25) is 0 Å². The van der Waals surface area contributed by atoms with Crippen molar-refractivity contribution in [2.45, 2.75) is 32.6 Å². The first-order valence-electron chi connectivity index (χ1n) is 7.88. The smallest absolute Gasteiger partial charge is 0.339 e. The topological polar surface area (TPSA) is 49.8 Å². The Labute approximate surface area is 126 Å². The van der Waals surface area contributed by atoms with E-state index in [1.54, 1.807) is 24.3 Å². The van der Waals surface area contributed by atoms with E-state index in [4.69, 9.17) is 9.84 Å². The Morgan fingerprint density at radius 1 is 1.33 bits per heavy atom. The molecule has 0 amide bonds. The molecule has 1 saturated heterocycles. The predicted octanol–water partition coefficient (Wildman–Crippen LogP) is 3.28. The molecular weight excluding hydrogens is 266 g/mol. The molecule has 0 radical (unpaired) electrons. The summed E-state index contributed by atoms with van der Waals surface area (Å²) in [5.41, 5.74) is 0.237. The number of likely N-dealkylation sites (tertiary alicyclic amines) is 1. The number of benzene rings is 1. The van der Waals surface area contributed by atoms with Gasteiger partial charge in [-0.15, -0.1) is 0 Å². The number of rotatable bonds is 7. The highest BCUT2D eigenvalue weighted by molar-refractivity contribution is 5.90. The SMILES string of the molecule is CCC1CCN(CCCOc2ccccc2C(=O)O)CC1. The lowest BCUT2D eigenvalue weighted by Crippen LogP contribution is -2.34. The second-order valence-electron chi connectivity index (χ2n) is 5.70. The molecule has 0 aromatic heterocycles. The summed E-state index contributed by atoms with van der Waals surface area (Å²) in [5, 5.41) is 9.09. The molecular formula is C17H25NO3. The lowest BCUT2D eigenvalue weighted by atomic mass is 9.94. The molecule has 2 rings (SSSR count). The average molecular weight is 291 g/mol. The van der Waals surface area contributed by atoms with Gasteiger partial charge in [-0.05, 0) is 50.4 Å². The molecule has 0 unspecified atom stereocenters. The zero-order valence-electron chi connectivity index (χ0n) is 12.8. The number of hydrogen-bond acceptors (Lipinski definition) is 3. The fourth-order valence-electron chi connectivity index (χ4n) is 2.86. The van der Waals surface area contributed by atoms with Crippen molar-refractivity contribution in [1.29, 1.82) is 0 Å². The van der Waals surface area contributed by atoms with Gasteiger partial charge < -0.3 is 14.7 Å². The molecule has 116 valence electrons. The Kier molecular flexibility index (Phi) is 6.05. The van der Waals surface area contributed by atoms with Crippen molar-refractivity contribution in [3.05, 3.63) is 29.8 Å². The number of ether oxygens (including phenoxy) is 1. The van der Waals surface area contributed by atoms with Gasteiger partial charge in [-0.25, -0.2) is 4.79 Å². The predicted molar refractivity (Wildman–Crippen MR) is 83.0 cm³/mol. The second-order valence-corrected chi connectivity index (χ2v) is 5.70. The number of aromatic carboxylic acids is 1. The lowest BCUT2D eigenvalue weighted by molar-refractivity contribution is 0.0692. The summed E-state index contributed by atoms with van der Waals surface area (Å²) in [6.45, 7) is 6.24. The van der Waals surface area contributed by atoms with Gasteiger partial charge in [-0.2, -0.15) is 0 Å². The summed E-state index contributed by atoms with van der Waals surface area (Å²) in [6, 6.07) is 6.81. The third-order valence-electron chi connectivity index (χ3n) is 4.28. The first kappa shape index (κ1) is 15.8. The van der Waals surface area contributed by atoms with Crippen LogP contribution in [-0.4, -0.2) is 42.2 Å². The Morgan fingerprint density at radius 2 is 2.05 bits per heavy atom. The number of para-hydroxylation sites is 1. The number of nitrogens with zero attached hydrogens (tertiary/aromatic N) is 1. The van der Waals surface area contributed by atoms with E-state index in [-0.39, 0.29) is 5.56 Å². The van der Waals surface area contributed by atoms with Gasteiger partial charge in [0.1, 0.15) is 11.3 Å². The number of carboxylic acid groups (broad SMARTS) is 1. The third kappa shape index (κ3) is 4.74. The normalized spacial score (nSPS) is 16.8. The van der Waals surface area contributed by atoms with Crippen LogP contribution in [0.3, 0.4) is 0 Å². The minimum atomic E-state index is -0.938. The van der Waals surface area contributed by atoms with Crippen LogP contribution >= 0.6 is 0 Å². The van der Waals surface area contributed by atoms with E-state index in [1.807, 2.05) is 0 Å². The van der Waals surface area contributed by atoms with Crippen molar-refractivity contribution < 1.29 is 14.6 Å². The number of carbonyl (C=O) groups is 1. The van der Waals surface area contributed by atoms with Crippen molar-refractivity contribution in [2.75, 3.05) is 26.2 Å². The molecule has 4 heteroatoms. The molecule has 0 aliphatic carbocycles. The van der Waals surface area contributed by atoms with E-state index in [0.29, 0.717) is 12.4 Å². The van der Waals surface area contributed by atoms with Crippen LogP contribution in [0.2, 0.25) is 0 Å². The molecule has 1 aliphatic rings. The first-order valence-corrected chi connectivity index (χ1v) is 7.88. The molecule has 21 heavy (non-hydrogen) atoms. The summed E-state index contributed by atoms with van der Waals surface area (Å²) < 4.78 is 5.62. The molecule has 0 bridgehead atoms. The van der Waals surface area contributed by atoms with Crippen molar-refractivity contribution in [1.82, 2.24) is 4.90 Å². The molecule has 0 saturated carbocycles. The zero-order valence-corrected chi connectivity index (χ0v) is 12.8. The van der Waals surface area contributed by atoms with Crippen molar-refractivity contribution >= 4 is 5.97 Å². The van der Waals surface area contributed by atoms with E-state index < -0.39 is 5.97 Å². The van der Waals surface area contributed by atoms with Crippen molar-refractivity contribution in [2.24, 2.45) is 5.92 Å². The van der Waals surface area contributed by atoms with E-state index in [1.165, 1.54) is 32.4 Å². The van der Waals surface area contributed by atoms with Crippen LogP contribution in [-0.2, 0) is 0 Å². The van der Waals surface area contributed by atoms with Crippen LogP contribution in [0, 0.1) is 5.92 Å². The maximum Gasteiger partial charge on any atom is 0.339 e. The van der Waals surface area contributed by atoms with Crippen LogP contribution in [0.15, 0.2) is 24.3 Å². The van der Waals surface area contributed by atoms with Gasteiger partial charge in [-0.1, -0.05) is 25.5 Å². The highest BCUT2D eigenvalue weighted by Crippen LogP contribution is 2.20. The largest absolute Gasteiger partial charge is 0.493 e. The van der Waals surface area contributed by atoms with E-state index in [9.17, 15) is 4.79 Å². The molecule has 4 nitrogen and oxygen atoms in total. The summed E-state index contributed by atoms with van der Waals surface area (Å²) in [4.78, 5) is 13.6. The fraction of sp³-hybridized carbons (Fsp3) is 0.588. The monoisotopic (exact) mass is 291 g/mol. The van der Waals surface area contributed by atoms with Gasteiger partial charge in [0, 0.05) is 6.54 Å². The standard InChI is InChI=1S/C17H25NO3/c1-2-14-8-11-18(12-9-14)10-5-13-21-16-7-4-3-6-15(16)17(19)20/h3-4,6-7,14H,2,5,8-13H2,1H3,(H,19,20). The van der Waals surface area contributed by atoms with Gasteiger partial charge in [0.25, 0.3) is 0 Å². The van der Waals surface area contributed by atoms with Gasteiger partial charge in [-0.3, -0.25) is 0 Å². The van der Waals surface area contributed by atoms with Gasteiger partial charge in [0.05, 0.1) is 6.61 Å². The Morgan fingerprint density at radius 3 is 2.71 bits per heavy atom. The van der Waals surface area contributed by atoms with E-state index in [0.717, 1.165) is 18.9 Å². The molecule has 1 N–H and O–H groups in total. The lowest BCUT2D eigenvalue weighted by Gasteiger charge is -2.31. The van der Waals surface area contributed by atoms with Crippen molar-refractivity contribution in [3.8, 4) is 5.75 Å². The highest BCUT2D eigenvalue weighted by atomic mass is 16.5. The molecule has 1 fully saturated rings. The van der Waals surface area contributed by atoms with Crippen LogP contribution in [0.25, 0.3) is 0 Å². The van der Waals surface area contributed by atoms with Crippen LogP contribution < -0.4 is 4.74 Å². The fourth-order valence-corrected chi connectivity index (χ4v) is 2.86. The highest BCUT2D eigenvalue weighted by Gasteiger charge is 2.17. The van der Waals surface area contributed by atoms with Crippen LogP contribution in [0.4, 0.5) is 0 Å². The average Bonchev–Trinajstić information content (AvgIpc) is 2.52. The summed E-state index contributed by atoms with van der Waals surface area (Å²) in [6.07, 6.45) is 4.84. The maximum absolute atomic E-state index is 11.1. The third-order valence-corrected chi connectivity index (χ3v) is 4.28. The van der Waals surface area contributed by atoms with E-state index in [2.05, 4.69) is 11.8 Å². The van der Waals surface area contributed by atoms with Gasteiger partial charge >= 0.3 is 5.97 Å². The number of hydrogen-bond donors (Lipinski definition) is 1. The first-order chi connectivity index (χ1) is 10.2. The molecule has 1 heterocycles. The summed E-state index contributed by atoms with van der Waals surface area (Å²) >= 11 is 0. The zero-order chi connectivity index (χ0) is 15.1. The molecule has 1 aromatic carbocycles. The molecule has 0 spiro atoms. The quantitative estimate of drug-likeness (QED) is 0.783. The van der Waals surface area contributed by atoms with Crippen LogP contribution in [0.1, 0.15) is 43.0 Å². The molecule has 1 aliphatic heterocycles. The van der Waals surface area contributed by atoms with E-state index >= 15 is 0 Å². The van der Waals surface area contributed by atoms with Crippen molar-refractivity contribution in [3.63, 3.8) is 0 Å². The molecule has 1 aromatic rings. The second kappa shape index (κ2) is 8.03. The Bertz CT molecular complexity index is 453. The Hall–Kier alpha value is -1.55. The summed E-state index contributed by atoms with van der Waals surface area (Å²) in [7, 11) is 0. The minimum Gasteiger partial charge on any atom is -0.493 e.